The van der Waals surface area contributed by atoms with E-state index in [2.05, 4.69) is 24.3 Å². The molecule has 3 aromatic carbocycles. The van der Waals surface area contributed by atoms with Gasteiger partial charge in [0.15, 0.2) is 4.80 Å². The molecule has 1 aliphatic heterocycles. The molecule has 0 spiro atoms. The van der Waals surface area contributed by atoms with Gasteiger partial charge in [-0.2, -0.15) is 0 Å². The zero-order valence-electron chi connectivity index (χ0n) is 21.1. The van der Waals surface area contributed by atoms with Gasteiger partial charge in [0.25, 0.3) is 5.56 Å². The van der Waals surface area contributed by atoms with Crippen molar-refractivity contribution in [2.24, 2.45) is 4.99 Å². The normalized spacial score (nSPS) is 16.4. The predicted molar refractivity (Wildman–Crippen MR) is 155 cm³/mol. The number of fused-ring (bicyclic) bond motifs is 3. The summed E-state index contributed by atoms with van der Waals surface area (Å²) in [4.78, 5) is 19.7. The van der Waals surface area contributed by atoms with Crippen LogP contribution in [0.1, 0.15) is 34.9 Å². The molecule has 0 amide bonds. The number of ether oxygens (including phenoxy) is 1. The van der Waals surface area contributed by atoms with Gasteiger partial charge in [0.2, 0.25) is 0 Å². The van der Waals surface area contributed by atoms with Crippen molar-refractivity contribution in [2.45, 2.75) is 18.9 Å². The second-order valence-corrected chi connectivity index (χ2v) is 11.0. The lowest BCUT2D eigenvalue weighted by atomic mass is 9.83. The summed E-state index contributed by atoms with van der Waals surface area (Å²) in [6, 6.07) is 27.4. The van der Waals surface area contributed by atoms with Gasteiger partial charge in [-0.05, 0) is 65.9 Å². The van der Waals surface area contributed by atoms with Crippen molar-refractivity contribution in [3.8, 4) is 17.1 Å². The van der Waals surface area contributed by atoms with Crippen LogP contribution in [0.2, 0.25) is 5.02 Å². The number of nitrogens with zero attached hydrogens (tertiary/aromatic N) is 2. The molecular weight excluding hydrogens is 528 g/mol. The van der Waals surface area contributed by atoms with E-state index in [9.17, 15) is 4.79 Å². The average molecular weight is 551 g/mol. The van der Waals surface area contributed by atoms with Crippen LogP contribution in [0.5, 0.6) is 5.75 Å². The number of aromatic nitrogens is 1. The minimum atomic E-state index is -0.240. The van der Waals surface area contributed by atoms with Crippen LogP contribution in [0.15, 0.2) is 105 Å². The number of benzene rings is 3. The Labute approximate surface area is 233 Å². The smallest absolute Gasteiger partial charge is 0.271 e. The van der Waals surface area contributed by atoms with Crippen LogP contribution >= 0.6 is 22.9 Å². The number of halogens is 1. The third-order valence-electron chi connectivity index (χ3n) is 7.31. The first-order chi connectivity index (χ1) is 19.1. The topological polar surface area (TPSA) is 56.7 Å². The van der Waals surface area contributed by atoms with Crippen LogP contribution in [0, 0.1) is 0 Å². The van der Waals surface area contributed by atoms with Gasteiger partial charge in [0.1, 0.15) is 17.3 Å². The summed E-state index contributed by atoms with van der Waals surface area (Å²) >= 11 is 7.55. The van der Waals surface area contributed by atoms with Crippen molar-refractivity contribution in [1.82, 2.24) is 4.57 Å². The third kappa shape index (κ3) is 4.17. The average Bonchev–Trinajstić information content (AvgIpc) is 3.56. The van der Waals surface area contributed by atoms with Crippen molar-refractivity contribution >= 4 is 34.7 Å². The number of methoxy groups -OCH3 is 1. The lowest BCUT2D eigenvalue weighted by Crippen LogP contribution is -2.38. The maximum absolute atomic E-state index is 13.9. The molecule has 0 radical (unpaired) electrons. The fourth-order valence-corrected chi connectivity index (χ4v) is 6.64. The summed E-state index contributed by atoms with van der Waals surface area (Å²) in [5.74, 6) is 2.08. The van der Waals surface area contributed by atoms with Crippen molar-refractivity contribution in [3.05, 3.63) is 138 Å². The molecule has 2 aliphatic rings. The van der Waals surface area contributed by atoms with E-state index in [1.165, 1.54) is 22.5 Å². The van der Waals surface area contributed by atoms with Gasteiger partial charge in [-0.3, -0.25) is 9.36 Å². The molecule has 1 aliphatic carbocycles. The summed E-state index contributed by atoms with van der Waals surface area (Å²) < 4.78 is 13.9. The molecule has 0 N–H and O–H groups in total. The van der Waals surface area contributed by atoms with Gasteiger partial charge in [-0.15, -0.1) is 0 Å². The lowest BCUT2D eigenvalue weighted by molar-refractivity contribution is 0.414. The maximum Gasteiger partial charge on any atom is 0.271 e. The summed E-state index contributed by atoms with van der Waals surface area (Å²) in [7, 11) is 1.66. The molecule has 5 aromatic rings. The second-order valence-electron chi connectivity index (χ2n) is 9.60. The van der Waals surface area contributed by atoms with Crippen LogP contribution in [0.3, 0.4) is 0 Å². The number of hydrogen-bond donors (Lipinski definition) is 0. The molecule has 2 aromatic heterocycles. The summed E-state index contributed by atoms with van der Waals surface area (Å²) in [6.45, 7) is 0. The molecule has 3 heterocycles. The van der Waals surface area contributed by atoms with E-state index in [1.54, 1.807) is 13.2 Å². The fraction of sp³-hybridized carbons (Fsp3) is 0.125. The second kappa shape index (κ2) is 9.56. The van der Waals surface area contributed by atoms with E-state index in [0.29, 0.717) is 25.9 Å². The Morgan fingerprint density at radius 2 is 1.87 bits per heavy atom. The first-order valence-corrected chi connectivity index (χ1v) is 13.9. The van der Waals surface area contributed by atoms with Crippen LogP contribution in [0.25, 0.3) is 23.1 Å². The molecule has 0 fully saturated rings. The van der Waals surface area contributed by atoms with E-state index in [4.69, 9.17) is 25.7 Å². The van der Waals surface area contributed by atoms with Gasteiger partial charge < -0.3 is 9.15 Å². The molecule has 39 heavy (non-hydrogen) atoms. The largest absolute Gasteiger partial charge is 0.497 e. The molecule has 7 rings (SSSR count). The van der Waals surface area contributed by atoms with E-state index in [-0.39, 0.29) is 11.6 Å². The number of rotatable bonds is 4. The van der Waals surface area contributed by atoms with Crippen LogP contribution in [-0.4, -0.2) is 11.7 Å². The molecule has 0 bridgehead atoms. The van der Waals surface area contributed by atoms with Crippen molar-refractivity contribution in [1.29, 1.82) is 0 Å². The zero-order chi connectivity index (χ0) is 26.5. The van der Waals surface area contributed by atoms with Crippen molar-refractivity contribution in [2.75, 3.05) is 7.11 Å². The van der Waals surface area contributed by atoms with E-state index < -0.39 is 0 Å². The van der Waals surface area contributed by atoms with Crippen LogP contribution < -0.4 is 19.6 Å². The highest BCUT2D eigenvalue weighted by atomic mass is 35.5. The summed E-state index contributed by atoms with van der Waals surface area (Å²) in [5, 5.41) is 0.642. The Balaban J connectivity index is 1.39. The monoisotopic (exact) mass is 550 g/mol. The van der Waals surface area contributed by atoms with Gasteiger partial charge in [-0.1, -0.05) is 71.5 Å². The molecule has 5 nitrogen and oxygen atoms in total. The number of thiazole rings is 1. The number of aryl methyl sites for hydroxylation is 1. The molecule has 0 unspecified atom stereocenters. The number of furan rings is 1. The minimum Gasteiger partial charge on any atom is -0.497 e. The van der Waals surface area contributed by atoms with E-state index in [1.807, 2.05) is 65.2 Å². The Bertz CT molecular complexity index is 1950. The molecular formula is C32H23ClN2O3S. The zero-order valence-corrected chi connectivity index (χ0v) is 22.6. The number of hydrogen-bond acceptors (Lipinski definition) is 5. The lowest BCUT2D eigenvalue weighted by Gasteiger charge is -2.30. The molecule has 7 heteroatoms. The minimum absolute atomic E-state index is 0.0781. The molecule has 0 saturated heterocycles. The highest BCUT2D eigenvalue weighted by molar-refractivity contribution is 7.07. The SMILES string of the molecule is COc1ccc([C@@H]2C3=C(N=c4s/c(=C/c5ccc(-c6cccc(Cl)c6)o5)c(=O)n42)c2ccccc2CC3)cc1. The maximum atomic E-state index is 13.9. The first-order valence-electron chi connectivity index (χ1n) is 12.7. The predicted octanol–water partition coefficient (Wildman–Crippen LogP) is 6.24. The summed E-state index contributed by atoms with van der Waals surface area (Å²) in [5.41, 5.74) is 6.42. The van der Waals surface area contributed by atoms with Crippen molar-refractivity contribution in [3.63, 3.8) is 0 Å². The third-order valence-corrected chi connectivity index (χ3v) is 8.53. The summed E-state index contributed by atoms with van der Waals surface area (Å²) in [6.07, 6.45) is 3.57. The Kier molecular flexibility index (Phi) is 5.87. The fourth-order valence-electron chi connectivity index (χ4n) is 5.47. The molecule has 0 saturated carbocycles. The number of allylic oxidation sites excluding steroid dienone is 1. The van der Waals surface area contributed by atoms with Crippen LogP contribution in [-0.2, 0) is 6.42 Å². The first kappa shape index (κ1) is 23.9. The standard InChI is InChI=1S/C32H23ClN2O3S/c1-37-23-12-9-20(10-13-23)30-26-15-11-19-5-2-3-8-25(19)29(26)34-32-35(30)31(36)28(39-32)18-24-14-16-27(38-24)21-6-4-7-22(33)17-21/h2-10,12-14,16-18,30H,11,15H2,1H3/b28-18+/t30-/m1/s1. The van der Waals surface area contributed by atoms with Gasteiger partial charge >= 0.3 is 0 Å². The Morgan fingerprint density at radius 1 is 1.03 bits per heavy atom. The van der Waals surface area contributed by atoms with Gasteiger partial charge in [0.05, 0.1) is 23.4 Å². The van der Waals surface area contributed by atoms with Gasteiger partial charge in [-0.25, -0.2) is 4.99 Å². The molecule has 192 valence electrons. The van der Waals surface area contributed by atoms with Crippen molar-refractivity contribution < 1.29 is 9.15 Å². The molecule has 1 atom stereocenters. The Hall–Kier alpha value is -4.13. The highest BCUT2D eigenvalue weighted by Gasteiger charge is 2.32. The highest BCUT2D eigenvalue weighted by Crippen LogP contribution is 2.41. The Morgan fingerprint density at radius 3 is 2.69 bits per heavy atom. The van der Waals surface area contributed by atoms with Crippen LogP contribution in [0.4, 0.5) is 0 Å². The van der Waals surface area contributed by atoms with E-state index >= 15 is 0 Å². The van der Waals surface area contributed by atoms with E-state index in [0.717, 1.165) is 41.0 Å². The van der Waals surface area contributed by atoms with Gasteiger partial charge in [0, 0.05) is 22.2 Å². The quantitative estimate of drug-likeness (QED) is 0.266.